The molecule has 106 valence electrons. The smallest absolute Gasteiger partial charge is 0.0705 e. The van der Waals surface area contributed by atoms with Crippen LogP contribution < -0.4 is 5.32 Å². The second-order valence-electron chi connectivity index (χ2n) is 5.39. The van der Waals surface area contributed by atoms with Crippen LogP contribution in [-0.4, -0.2) is 9.97 Å². The maximum absolute atomic E-state index is 4.53. The van der Waals surface area contributed by atoms with Crippen LogP contribution in [0.1, 0.15) is 22.4 Å². The Balaban J connectivity index is 1.68. The van der Waals surface area contributed by atoms with Crippen molar-refractivity contribution in [2.24, 2.45) is 0 Å². The fourth-order valence-corrected chi connectivity index (χ4v) is 2.41. The van der Waals surface area contributed by atoms with Crippen molar-refractivity contribution in [3.8, 4) is 0 Å². The van der Waals surface area contributed by atoms with E-state index in [1.807, 2.05) is 25.4 Å². The van der Waals surface area contributed by atoms with E-state index in [2.05, 4.69) is 52.5 Å². The fraction of sp³-hybridized carbons (Fsp3) is 0.222. The van der Waals surface area contributed by atoms with Gasteiger partial charge in [0.15, 0.2) is 0 Å². The van der Waals surface area contributed by atoms with E-state index in [0.717, 1.165) is 24.3 Å². The maximum Gasteiger partial charge on any atom is 0.0705 e. The molecule has 0 atom stereocenters. The zero-order valence-electron chi connectivity index (χ0n) is 12.4. The third-order valence-electron chi connectivity index (χ3n) is 3.68. The number of rotatable bonds is 4. The molecule has 0 saturated heterocycles. The van der Waals surface area contributed by atoms with E-state index in [4.69, 9.17) is 0 Å². The Labute approximate surface area is 125 Å². The van der Waals surface area contributed by atoms with Gasteiger partial charge in [0.1, 0.15) is 0 Å². The first kappa shape index (κ1) is 13.7. The Morgan fingerprint density at radius 2 is 1.90 bits per heavy atom. The molecule has 0 radical (unpaired) electrons. The van der Waals surface area contributed by atoms with Crippen LogP contribution in [0.3, 0.4) is 0 Å². The third kappa shape index (κ3) is 3.26. The van der Waals surface area contributed by atoms with Crippen molar-refractivity contribution in [2.75, 3.05) is 0 Å². The molecule has 0 aliphatic rings. The Bertz CT molecular complexity index is 765. The summed E-state index contributed by atoms with van der Waals surface area (Å²) < 4.78 is 0. The van der Waals surface area contributed by atoms with Gasteiger partial charge in [-0.25, -0.2) is 0 Å². The van der Waals surface area contributed by atoms with Gasteiger partial charge < -0.3 is 5.32 Å². The summed E-state index contributed by atoms with van der Waals surface area (Å²) in [5.74, 6) is 0. The summed E-state index contributed by atoms with van der Waals surface area (Å²) in [6.45, 7) is 5.82. The lowest BCUT2D eigenvalue weighted by Gasteiger charge is -2.08. The van der Waals surface area contributed by atoms with Crippen LogP contribution in [0.5, 0.6) is 0 Å². The van der Waals surface area contributed by atoms with E-state index in [0.29, 0.717) is 0 Å². The molecule has 3 aromatic rings. The minimum Gasteiger partial charge on any atom is -0.309 e. The first-order valence-corrected chi connectivity index (χ1v) is 7.19. The van der Waals surface area contributed by atoms with Crippen LogP contribution >= 0.6 is 0 Å². The van der Waals surface area contributed by atoms with Crippen LogP contribution in [0.25, 0.3) is 10.9 Å². The number of nitrogens with zero attached hydrogens (tertiary/aromatic N) is 2. The molecule has 0 fully saturated rings. The van der Waals surface area contributed by atoms with Gasteiger partial charge in [-0.15, -0.1) is 0 Å². The average Bonchev–Trinajstić information content (AvgIpc) is 2.49. The van der Waals surface area contributed by atoms with Gasteiger partial charge in [0.2, 0.25) is 0 Å². The molecule has 3 rings (SSSR count). The Kier molecular flexibility index (Phi) is 3.93. The monoisotopic (exact) mass is 277 g/mol. The summed E-state index contributed by atoms with van der Waals surface area (Å²) >= 11 is 0. The highest BCUT2D eigenvalue weighted by molar-refractivity contribution is 5.79. The number of fused-ring (bicyclic) bond motifs is 1. The van der Waals surface area contributed by atoms with Crippen molar-refractivity contribution in [3.05, 3.63) is 71.2 Å². The molecule has 1 aromatic carbocycles. The highest BCUT2D eigenvalue weighted by Gasteiger charge is 2.00. The van der Waals surface area contributed by atoms with Crippen molar-refractivity contribution < 1.29 is 0 Å². The van der Waals surface area contributed by atoms with Crippen LogP contribution in [0.4, 0.5) is 0 Å². The summed E-state index contributed by atoms with van der Waals surface area (Å²) in [6, 6.07) is 12.7. The van der Waals surface area contributed by atoms with Crippen molar-refractivity contribution in [1.29, 1.82) is 0 Å². The van der Waals surface area contributed by atoms with Crippen molar-refractivity contribution >= 4 is 10.9 Å². The van der Waals surface area contributed by atoms with Gasteiger partial charge in [-0.1, -0.05) is 12.1 Å². The zero-order valence-corrected chi connectivity index (χ0v) is 12.4. The molecule has 1 N–H and O–H groups in total. The molecule has 0 aliphatic carbocycles. The van der Waals surface area contributed by atoms with Gasteiger partial charge >= 0.3 is 0 Å². The SMILES string of the molecule is Cc1ccc2cc(CNCc3cnccc3C)ccc2n1. The van der Waals surface area contributed by atoms with Gasteiger partial charge in [-0.2, -0.15) is 0 Å². The lowest BCUT2D eigenvalue weighted by atomic mass is 10.1. The standard InChI is InChI=1S/C18H19N3/c1-13-7-8-19-11-17(13)12-20-10-15-4-6-18-16(9-15)5-3-14(2)21-18/h3-9,11,20H,10,12H2,1-2H3. The average molecular weight is 277 g/mol. The number of hydrogen-bond acceptors (Lipinski definition) is 3. The van der Waals surface area contributed by atoms with Gasteiger partial charge in [-0.05, 0) is 54.8 Å². The van der Waals surface area contributed by atoms with Crippen molar-refractivity contribution in [3.63, 3.8) is 0 Å². The quantitative estimate of drug-likeness (QED) is 0.792. The molecule has 0 amide bonds. The van der Waals surface area contributed by atoms with Crippen molar-refractivity contribution in [2.45, 2.75) is 26.9 Å². The molecule has 21 heavy (non-hydrogen) atoms. The highest BCUT2D eigenvalue weighted by Crippen LogP contribution is 2.15. The van der Waals surface area contributed by atoms with Gasteiger partial charge in [0.25, 0.3) is 0 Å². The fourth-order valence-electron chi connectivity index (χ4n) is 2.41. The zero-order chi connectivity index (χ0) is 14.7. The first-order chi connectivity index (χ1) is 10.2. The molecule has 0 spiro atoms. The minimum atomic E-state index is 0.837. The number of nitrogens with one attached hydrogen (secondary N) is 1. The number of aromatic nitrogens is 2. The molecule has 0 aliphatic heterocycles. The Morgan fingerprint density at radius 3 is 2.76 bits per heavy atom. The van der Waals surface area contributed by atoms with E-state index in [1.54, 1.807) is 0 Å². The van der Waals surface area contributed by atoms with Gasteiger partial charge in [0.05, 0.1) is 5.52 Å². The summed E-state index contributed by atoms with van der Waals surface area (Å²) in [7, 11) is 0. The predicted molar refractivity (Wildman–Crippen MR) is 86.0 cm³/mol. The van der Waals surface area contributed by atoms with Crippen LogP contribution in [0.15, 0.2) is 48.8 Å². The third-order valence-corrected chi connectivity index (χ3v) is 3.68. The van der Waals surface area contributed by atoms with E-state index < -0.39 is 0 Å². The van der Waals surface area contributed by atoms with Crippen molar-refractivity contribution in [1.82, 2.24) is 15.3 Å². The van der Waals surface area contributed by atoms with Crippen LogP contribution in [0, 0.1) is 13.8 Å². The molecule has 0 unspecified atom stereocenters. The highest BCUT2D eigenvalue weighted by atomic mass is 14.9. The van der Waals surface area contributed by atoms with E-state index >= 15 is 0 Å². The minimum absolute atomic E-state index is 0.837. The lowest BCUT2D eigenvalue weighted by Crippen LogP contribution is -2.13. The molecular weight excluding hydrogens is 258 g/mol. The summed E-state index contributed by atoms with van der Waals surface area (Å²) in [5, 5.41) is 4.67. The molecule has 3 nitrogen and oxygen atoms in total. The topological polar surface area (TPSA) is 37.8 Å². The van der Waals surface area contributed by atoms with Crippen LogP contribution in [-0.2, 0) is 13.1 Å². The second-order valence-corrected chi connectivity index (χ2v) is 5.39. The molecule has 2 heterocycles. The summed E-state index contributed by atoms with van der Waals surface area (Å²) in [6.07, 6.45) is 3.76. The maximum atomic E-state index is 4.53. The summed E-state index contributed by atoms with van der Waals surface area (Å²) in [4.78, 5) is 8.70. The van der Waals surface area contributed by atoms with Crippen LogP contribution in [0.2, 0.25) is 0 Å². The molecule has 3 heteroatoms. The number of hydrogen-bond donors (Lipinski definition) is 1. The normalized spacial score (nSPS) is 11.0. The second kappa shape index (κ2) is 6.02. The Morgan fingerprint density at radius 1 is 1.00 bits per heavy atom. The predicted octanol–water partition coefficient (Wildman–Crippen LogP) is 3.54. The van der Waals surface area contributed by atoms with E-state index in [-0.39, 0.29) is 0 Å². The Hall–Kier alpha value is -2.26. The van der Waals surface area contributed by atoms with Gasteiger partial charge in [-0.3, -0.25) is 9.97 Å². The van der Waals surface area contributed by atoms with Gasteiger partial charge in [0, 0.05) is 36.6 Å². The molecule has 0 saturated carbocycles. The number of pyridine rings is 2. The van der Waals surface area contributed by atoms with E-state index in [9.17, 15) is 0 Å². The molecule has 0 bridgehead atoms. The largest absolute Gasteiger partial charge is 0.309 e. The van der Waals surface area contributed by atoms with E-state index in [1.165, 1.54) is 22.1 Å². The molecular formula is C18H19N3. The molecule has 2 aromatic heterocycles. The number of aryl methyl sites for hydroxylation is 2. The first-order valence-electron chi connectivity index (χ1n) is 7.19. The lowest BCUT2D eigenvalue weighted by molar-refractivity contribution is 0.689. The summed E-state index contributed by atoms with van der Waals surface area (Å²) in [5.41, 5.74) is 5.91. The number of benzene rings is 1.